The van der Waals surface area contributed by atoms with Gasteiger partial charge in [-0.05, 0) is 24.5 Å². The molecule has 0 aromatic carbocycles. The molecule has 0 aliphatic rings. The lowest BCUT2D eigenvalue weighted by molar-refractivity contribution is 0.168. The van der Waals surface area contributed by atoms with Gasteiger partial charge in [-0.1, -0.05) is 11.4 Å². The van der Waals surface area contributed by atoms with E-state index < -0.39 is 0 Å². The van der Waals surface area contributed by atoms with E-state index in [1.807, 2.05) is 0 Å². The summed E-state index contributed by atoms with van der Waals surface area (Å²) in [6.07, 6.45) is 2.91. The largest absolute Gasteiger partial charge is 0.383 e. The van der Waals surface area contributed by atoms with Crippen molar-refractivity contribution in [3.05, 3.63) is 11.1 Å². The number of nitrogens with one attached hydrogen (secondary N) is 1. The quantitative estimate of drug-likeness (QED) is 0.752. The van der Waals surface area contributed by atoms with Crippen LogP contribution in [0.25, 0.3) is 0 Å². The van der Waals surface area contributed by atoms with Crippen molar-refractivity contribution in [2.75, 3.05) is 20.3 Å². The van der Waals surface area contributed by atoms with Crippen molar-refractivity contribution in [3.8, 4) is 0 Å². The van der Waals surface area contributed by atoms with E-state index in [1.165, 1.54) is 11.5 Å². The van der Waals surface area contributed by atoms with Crippen LogP contribution in [-0.2, 0) is 4.74 Å². The maximum atomic E-state index is 5.11. The Kier molecular flexibility index (Phi) is 4.88. The van der Waals surface area contributed by atoms with Gasteiger partial charge in [0.05, 0.1) is 23.7 Å². The molecule has 0 bridgehead atoms. The zero-order valence-corrected chi connectivity index (χ0v) is 8.80. The molecule has 1 aromatic heterocycles. The SMILES string of the molecule is CCCNC(COC)c1cnns1. The smallest absolute Gasteiger partial charge is 0.0684 e. The van der Waals surface area contributed by atoms with E-state index in [0.717, 1.165) is 17.8 Å². The summed E-state index contributed by atoms with van der Waals surface area (Å²) in [5.41, 5.74) is 0. The van der Waals surface area contributed by atoms with Gasteiger partial charge in [-0.25, -0.2) is 0 Å². The van der Waals surface area contributed by atoms with Crippen LogP contribution in [0.5, 0.6) is 0 Å². The molecule has 0 radical (unpaired) electrons. The second kappa shape index (κ2) is 6.01. The van der Waals surface area contributed by atoms with Crippen LogP contribution >= 0.6 is 11.5 Å². The zero-order valence-electron chi connectivity index (χ0n) is 7.99. The molecule has 0 spiro atoms. The van der Waals surface area contributed by atoms with Crippen LogP contribution in [0.3, 0.4) is 0 Å². The number of methoxy groups -OCH3 is 1. The third kappa shape index (κ3) is 3.38. The number of nitrogens with zero attached hydrogens (tertiary/aromatic N) is 2. The Morgan fingerprint density at radius 1 is 1.69 bits per heavy atom. The maximum absolute atomic E-state index is 5.11. The fourth-order valence-electron chi connectivity index (χ4n) is 1.06. The Labute approximate surface area is 82.5 Å². The third-order valence-corrected chi connectivity index (χ3v) is 2.47. The van der Waals surface area contributed by atoms with Crippen molar-refractivity contribution in [2.24, 2.45) is 0 Å². The molecular weight excluding hydrogens is 186 g/mol. The Balaban J connectivity index is 2.47. The molecule has 0 saturated heterocycles. The predicted molar refractivity (Wildman–Crippen MR) is 52.8 cm³/mol. The van der Waals surface area contributed by atoms with Crippen molar-refractivity contribution >= 4 is 11.5 Å². The first-order chi connectivity index (χ1) is 6.38. The van der Waals surface area contributed by atoms with Gasteiger partial charge in [0.25, 0.3) is 0 Å². The fraction of sp³-hybridized carbons (Fsp3) is 0.750. The lowest BCUT2D eigenvalue weighted by atomic mass is 10.2. The van der Waals surface area contributed by atoms with Gasteiger partial charge in [-0.3, -0.25) is 0 Å². The molecule has 74 valence electrons. The molecule has 1 heterocycles. The highest BCUT2D eigenvalue weighted by Gasteiger charge is 2.11. The van der Waals surface area contributed by atoms with Crippen molar-refractivity contribution in [1.29, 1.82) is 0 Å². The van der Waals surface area contributed by atoms with Crippen LogP contribution in [-0.4, -0.2) is 29.8 Å². The van der Waals surface area contributed by atoms with Gasteiger partial charge in [0, 0.05) is 7.11 Å². The summed E-state index contributed by atoms with van der Waals surface area (Å²) in [6, 6.07) is 0.241. The van der Waals surface area contributed by atoms with Gasteiger partial charge in [0.1, 0.15) is 0 Å². The summed E-state index contributed by atoms with van der Waals surface area (Å²) < 4.78 is 8.94. The molecule has 0 saturated carbocycles. The number of aromatic nitrogens is 2. The van der Waals surface area contributed by atoms with Crippen LogP contribution in [0.4, 0.5) is 0 Å². The number of rotatable bonds is 6. The number of ether oxygens (including phenoxy) is 1. The van der Waals surface area contributed by atoms with E-state index in [-0.39, 0.29) is 6.04 Å². The molecule has 1 N–H and O–H groups in total. The molecule has 0 aliphatic carbocycles. The highest BCUT2D eigenvalue weighted by molar-refractivity contribution is 7.05. The Hall–Kier alpha value is -0.520. The summed E-state index contributed by atoms with van der Waals surface area (Å²) in [5, 5.41) is 7.18. The molecule has 4 nitrogen and oxygen atoms in total. The number of hydrogen-bond donors (Lipinski definition) is 1. The lowest BCUT2D eigenvalue weighted by Gasteiger charge is -2.14. The van der Waals surface area contributed by atoms with Gasteiger partial charge in [-0.15, -0.1) is 5.10 Å². The fourth-order valence-corrected chi connectivity index (χ4v) is 1.62. The van der Waals surface area contributed by atoms with E-state index >= 15 is 0 Å². The van der Waals surface area contributed by atoms with Crippen LogP contribution in [0.1, 0.15) is 24.3 Å². The average molecular weight is 201 g/mol. The Morgan fingerprint density at radius 2 is 2.54 bits per heavy atom. The minimum absolute atomic E-state index is 0.241. The monoisotopic (exact) mass is 201 g/mol. The van der Waals surface area contributed by atoms with Gasteiger partial charge >= 0.3 is 0 Å². The van der Waals surface area contributed by atoms with Crippen LogP contribution < -0.4 is 5.32 Å². The maximum Gasteiger partial charge on any atom is 0.0684 e. The third-order valence-electron chi connectivity index (χ3n) is 1.70. The van der Waals surface area contributed by atoms with Crippen LogP contribution in [0.2, 0.25) is 0 Å². The van der Waals surface area contributed by atoms with Crippen molar-refractivity contribution < 1.29 is 4.74 Å². The molecule has 13 heavy (non-hydrogen) atoms. The van der Waals surface area contributed by atoms with Gasteiger partial charge in [-0.2, -0.15) is 0 Å². The van der Waals surface area contributed by atoms with Crippen LogP contribution in [0, 0.1) is 0 Å². The normalized spacial score (nSPS) is 13.1. The molecular formula is C8H15N3OS. The molecule has 1 atom stereocenters. The second-order valence-electron chi connectivity index (χ2n) is 2.78. The highest BCUT2D eigenvalue weighted by atomic mass is 32.1. The minimum atomic E-state index is 0.241. The standard InChI is InChI=1S/C8H15N3OS/c1-3-4-9-7(6-12-2)8-5-10-11-13-8/h5,7,9H,3-4,6H2,1-2H3. The average Bonchev–Trinajstić information content (AvgIpc) is 2.65. The molecule has 1 aromatic rings. The molecule has 0 fully saturated rings. The molecule has 0 amide bonds. The van der Waals surface area contributed by atoms with Crippen molar-refractivity contribution in [3.63, 3.8) is 0 Å². The zero-order chi connectivity index (χ0) is 9.52. The summed E-state index contributed by atoms with van der Waals surface area (Å²) in [6.45, 7) is 3.80. The van der Waals surface area contributed by atoms with Gasteiger partial charge < -0.3 is 10.1 Å². The van der Waals surface area contributed by atoms with E-state index in [4.69, 9.17) is 4.74 Å². The second-order valence-corrected chi connectivity index (χ2v) is 3.60. The first-order valence-electron chi connectivity index (χ1n) is 4.38. The summed E-state index contributed by atoms with van der Waals surface area (Å²) >= 11 is 1.42. The van der Waals surface area contributed by atoms with Crippen molar-refractivity contribution in [1.82, 2.24) is 14.9 Å². The topological polar surface area (TPSA) is 47.0 Å². The van der Waals surface area contributed by atoms with E-state index in [0.29, 0.717) is 6.61 Å². The van der Waals surface area contributed by atoms with E-state index in [2.05, 4.69) is 21.8 Å². The van der Waals surface area contributed by atoms with Gasteiger partial charge in [0.15, 0.2) is 0 Å². The summed E-state index contributed by atoms with van der Waals surface area (Å²) in [7, 11) is 1.70. The minimum Gasteiger partial charge on any atom is -0.383 e. The first kappa shape index (κ1) is 10.6. The highest BCUT2D eigenvalue weighted by Crippen LogP contribution is 2.15. The Bertz CT molecular complexity index is 215. The predicted octanol–water partition coefficient (Wildman–Crippen LogP) is 1.23. The van der Waals surface area contributed by atoms with Gasteiger partial charge in [0.2, 0.25) is 0 Å². The molecule has 1 rings (SSSR count). The van der Waals surface area contributed by atoms with Crippen molar-refractivity contribution in [2.45, 2.75) is 19.4 Å². The summed E-state index contributed by atoms with van der Waals surface area (Å²) in [5.74, 6) is 0. The summed E-state index contributed by atoms with van der Waals surface area (Å²) in [4.78, 5) is 1.13. The van der Waals surface area contributed by atoms with Crippen LogP contribution in [0.15, 0.2) is 6.20 Å². The molecule has 5 heteroatoms. The number of hydrogen-bond acceptors (Lipinski definition) is 5. The molecule has 0 aliphatic heterocycles. The lowest BCUT2D eigenvalue weighted by Crippen LogP contribution is -2.25. The van der Waals surface area contributed by atoms with E-state index in [9.17, 15) is 0 Å². The Morgan fingerprint density at radius 3 is 3.08 bits per heavy atom. The first-order valence-corrected chi connectivity index (χ1v) is 5.15. The molecule has 1 unspecified atom stereocenters. The van der Waals surface area contributed by atoms with E-state index in [1.54, 1.807) is 13.3 Å².